The third-order valence-corrected chi connectivity index (χ3v) is 1.86. The van der Waals surface area contributed by atoms with E-state index in [1.54, 1.807) is 0 Å². The molecule has 0 aliphatic rings. The third-order valence-electron chi connectivity index (χ3n) is 1.86. The molecule has 1 aromatic rings. The second-order valence-electron chi connectivity index (χ2n) is 3.13. The van der Waals surface area contributed by atoms with Crippen LogP contribution in [0.2, 0.25) is 0 Å². The van der Waals surface area contributed by atoms with Crippen molar-refractivity contribution in [1.82, 2.24) is 5.32 Å². The zero-order valence-electron chi connectivity index (χ0n) is 8.71. The molecule has 92 valence electrons. The van der Waals surface area contributed by atoms with Crippen LogP contribution in [0.25, 0.3) is 0 Å². The van der Waals surface area contributed by atoms with Crippen molar-refractivity contribution in [1.29, 1.82) is 0 Å². The van der Waals surface area contributed by atoms with E-state index in [0.29, 0.717) is 0 Å². The first-order valence-corrected chi connectivity index (χ1v) is 4.73. The summed E-state index contributed by atoms with van der Waals surface area (Å²) in [5.74, 6) is -2.07. The van der Waals surface area contributed by atoms with Crippen molar-refractivity contribution in [3.8, 4) is 5.75 Å². The maximum atomic E-state index is 11.4. The fraction of sp³-hybridized carbons (Fsp3) is 0.333. The number of hydrogen-bond acceptors (Lipinski definition) is 6. The molecule has 8 nitrogen and oxygen atoms in total. The Bertz CT molecular complexity index is 481. The lowest BCUT2D eigenvalue weighted by Crippen LogP contribution is -2.26. The molecule has 1 amide bonds. The molecule has 0 aliphatic heterocycles. The zero-order valence-corrected chi connectivity index (χ0v) is 8.71. The van der Waals surface area contributed by atoms with Gasteiger partial charge in [-0.25, -0.2) is 0 Å². The molecule has 0 spiro atoms. The Hall–Kier alpha value is -2.38. The molecule has 8 heteroatoms. The van der Waals surface area contributed by atoms with E-state index in [-0.39, 0.29) is 19.5 Å². The van der Waals surface area contributed by atoms with E-state index < -0.39 is 27.8 Å². The number of carbonyl (C=O) groups excluding carboxylic acids is 1. The van der Waals surface area contributed by atoms with Gasteiger partial charge in [-0.05, 0) is 0 Å². The Morgan fingerprint density at radius 1 is 1.59 bits per heavy atom. The molecule has 1 aromatic heterocycles. The lowest BCUT2D eigenvalue weighted by Gasteiger charge is -2.03. The molecule has 0 radical (unpaired) electrons. The Labute approximate surface area is 95.0 Å². The minimum atomic E-state index is -0.788. The van der Waals surface area contributed by atoms with Crippen LogP contribution in [-0.4, -0.2) is 29.0 Å². The minimum absolute atomic E-state index is 0.0534. The summed E-state index contributed by atoms with van der Waals surface area (Å²) in [6.45, 7) is -0.219. The summed E-state index contributed by atoms with van der Waals surface area (Å²) in [6, 6.07) is 0.971. The number of amides is 1. The van der Waals surface area contributed by atoms with Gasteiger partial charge < -0.3 is 14.8 Å². The van der Waals surface area contributed by atoms with Crippen molar-refractivity contribution < 1.29 is 19.2 Å². The van der Waals surface area contributed by atoms with E-state index in [4.69, 9.17) is 0 Å². The Morgan fingerprint density at radius 3 is 2.94 bits per heavy atom. The molecule has 2 N–H and O–H groups in total. The van der Waals surface area contributed by atoms with Crippen LogP contribution in [0.1, 0.15) is 17.0 Å². The Balaban J connectivity index is 2.56. The maximum Gasteiger partial charge on any atom is 0.291 e. The summed E-state index contributed by atoms with van der Waals surface area (Å²) in [4.78, 5) is 31.9. The molecule has 0 saturated carbocycles. The monoisotopic (exact) mass is 242 g/mol. The summed E-state index contributed by atoms with van der Waals surface area (Å²) >= 11 is 0. The highest BCUT2D eigenvalue weighted by atomic mass is 16.6. The van der Waals surface area contributed by atoms with Gasteiger partial charge in [0.05, 0.1) is 6.26 Å². The van der Waals surface area contributed by atoms with Gasteiger partial charge in [-0.3, -0.25) is 19.7 Å². The van der Waals surface area contributed by atoms with Crippen LogP contribution in [-0.2, 0) is 0 Å². The smallest absolute Gasteiger partial charge is 0.291 e. The van der Waals surface area contributed by atoms with Gasteiger partial charge in [0, 0.05) is 24.0 Å². The van der Waals surface area contributed by atoms with Crippen molar-refractivity contribution in [2.24, 2.45) is 0 Å². The standard InChI is InChI=1S/C9H10N2O6/c12-6-2-5-17-8(7(6)13)9(14)10-3-1-4-11(15)16/h2,5,13H,1,3-4H2,(H,10,14). The van der Waals surface area contributed by atoms with Crippen LogP contribution in [0.4, 0.5) is 0 Å². The van der Waals surface area contributed by atoms with Crippen molar-refractivity contribution in [3.63, 3.8) is 0 Å². The lowest BCUT2D eigenvalue weighted by molar-refractivity contribution is -0.480. The fourth-order valence-electron chi connectivity index (χ4n) is 1.06. The number of rotatable bonds is 5. The predicted molar refractivity (Wildman–Crippen MR) is 55.5 cm³/mol. The van der Waals surface area contributed by atoms with Crippen LogP contribution < -0.4 is 10.7 Å². The van der Waals surface area contributed by atoms with Crippen molar-refractivity contribution in [2.45, 2.75) is 6.42 Å². The van der Waals surface area contributed by atoms with Crippen molar-refractivity contribution >= 4 is 5.91 Å². The van der Waals surface area contributed by atoms with Crippen LogP contribution in [0.5, 0.6) is 5.75 Å². The molecular formula is C9H10N2O6. The van der Waals surface area contributed by atoms with Gasteiger partial charge in [-0.2, -0.15) is 0 Å². The van der Waals surface area contributed by atoms with Gasteiger partial charge in [0.2, 0.25) is 23.5 Å². The number of nitrogens with one attached hydrogen (secondary N) is 1. The molecule has 0 atom stereocenters. The summed E-state index contributed by atoms with van der Waals surface area (Å²) in [5, 5.41) is 21.5. The first-order chi connectivity index (χ1) is 8.02. The summed E-state index contributed by atoms with van der Waals surface area (Å²) < 4.78 is 4.68. The average Bonchev–Trinajstić information content (AvgIpc) is 2.27. The van der Waals surface area contributed by atoms with E-state index in [2.05, 4.69) is 9.73 Å². The summed E-state index contributed by atoms with van der Waals surface area (Å²) in [7, 11) is 0. The number of nitro groups is 1. The molecule has 0 aliphatic carbocycles. The summed E-state index contributed by atoms with van der Waals surface area (Å²) in [5.41, 5.74) is -0.730. The second kappa shape index (κ2) is 5.64. The molecule has 1 heterocycles. The van der Waals surface area contributed by atoms with Gasteiger partial charge in [0.15, 0.2) is 0 Å². The Morgan fingerprint density at radius 2 is 2.29 bits per heavy atom. The topological polar surface area (TPSA) is 123 Å². The van der Waals surface area contributed by atoms with Gasteiger partial charge in [-0.1, -0.05) is 0 Å². The molecular weight excluding hydrogens is 232 g/mol. The van der Waals surface area contributed by atoms with Crippen LogP contribution >= 0.6 is 0 Å². The van der Waals surface area contributed by atoms with E-state index in [1.807, 2.05) is 0 Å². The first kappa shape index (κ1) is 12.7. The molecule has 0 saturated heterocycles. The van der Waals surface area contributed by atoms with Gasteiger partial charge in [0.1, 0.15) is 0 Å². The largest absolute Gasteiger partial charge is 0.501 e. The van der Waals surface area contributed by atoms with E-state index in [9.17, 15) is 24.8 Å². The lowest BCUT2D eigenvalue weighted by atomic mass is 10.3. The zero-order chi connectivity index (χ0) is 12.8. The highest BCUT2D eigenvalue weighted by molar-refractivity contribution is 5.93. The first-order valence-electron chi connectivity index (χ1n) is 4.73. The van der Waals surface area contributed by atoms with Crippen LogP contribution in [0.3, 0.4) is 0 Å². The predicted octanol–water partition coefficient (Wildman–Crippen LogP) is -0.258. The second-order valence-corrected chi connectivity index (χ2v) is 3.13. The Kier molecular flexibility index (Phi) is 4.21. The highest BCUT2D eigenvalue weighted by Crippen LogP contribution is 2.09. The molecule has 0 bridgehead atoms. The number of carbonyl (C=O) groups is 1. The van der Waals surface area contributed by atoms with Gasteiger partial charge >= 0.3 is 0 Å². The summed E-state index contributed by atoms with van der Waals surface area (Å²) in [6.07, 6.45) is 1.13. The number of aromatic hydroxyl groups is 1. The third kappa shape index (κ3) is 3.59. The number of nitrogens with zero attached hydrogens (tertiary/aromatic N) is 1. The number of hydrogen-bond donors (Lipinski definition) is 2. The fourth-order valence-corrected chi connectivity index (χ4v) is 1.06. The van der Waals surface area contributed by atoms with Gasteiger partial charge in [0.25, 0.3) is 5.91 Å². The van der Waals surface area contributed by atoms with Crippen LogP contribution in [0, 0.1) is 10.1 Å². The molecule has 0 fully saturated rings. The van der Waals surface area contributed by atoms with Crippen molar-refractivity contribution in [2.75, 3.05) is 13.1 Å². The van der Waals surface area contributed by atoms with Crippen molar-refractivity contribution in [3.05, 3.63) is 38.4 Å². The minimum Gasteiger partial charge on any atom is -0.501 e. The molecule has 1 rings (SSSR count). The molecule has 0 unspecified atom stereocenters. The van der Waals surface area contributed by atoms with Gasteiger partial charge in [-0.15, -0.1) is 0 Å². The molecule has 17 heavy (non-hydrogen) atoms. The van der Waals surface area contributed by atoms with E-state index in [1.165, 1.54) is 0 Å². The van der Waals surface area contributed by atoms with E-state index >= 15 is 0 Å². The normalized spacial score (nSPS) is 9.88. The van der Waals surface area contributed by atoms with Crippen LogP contribution in [0.15, 0.2) is 21.5 Å². The quantitative estimate of drug-likeness (QED) is 0.416. The maximum absolute atomic E-state index is 11.4. The molecule has 0 aromatic carbocycles. The SMILES string of the molecule is O=C(NCCC[N+](=O)[O-])c1occc(=O)c1O. The van der Waals surface area contributed by atoms with E-state index in [0.717, 1.165) is 12.3 Å². The highest BCUT2D eigenvalue weighted by Gasteiger charge is 2.15. The average molecular weight is 242 g/mol.